The van der Waals surface area contributed by atoms with Crippen molar-refractivity contribution in [2.75, 3.05) is 15.9 Å². The minimum absolute atomic E-state index is 0.00932. The van der Waals surface area contributed by atoms with Gasteiger partial charge in [-0.25, -0.2) is 8.42 Å². The van der Waals surface area contributed by atoms with Crippen LogP contribution in [0.1, 0.15) is 122 Å². The van der Waals surface area contributed by atoms with Crippen LogP contribution in [0.25, 0.3) is 0 Å². The van der Waals surface area contributed by atoms with Gasteiger partial charge in [-0.1, -0.05) is 110 Å². The smallest absolute Gasteiger partial charge is 0.237 e. The predicted molar refractivity (Wildman–Crippen MR) is 151 cm³/mol. The van der Waals surface area contributed by atoms with Gasteiger partial charge in [0.25, 0.3) is 0 Å². The molecule has 0 aliphatic carbocycles. The molecule has 1 aliphatic heterocycles. The summed E-state index contributed by atoms with van der Waals surface area (Å²) in [6, 6.07) is 4.08. The summed E-state index contributed by atoms with van der Waals surface area (Å²) in [4.78, 5) is 26.5. The molecule has 7 nitrogen and oxygen atoms in total. The maximum atomic E-state index is 12.8. The first-order valence-electron chi connectivity index (χ1n) is 14.4. The van der Waals surface area contributed by atoms with Gasteiger partial charge in [-0.2, -0.15) is 0 Å². The van der Waals surface area contributed by atoms with Crippen LogP contribution in [0.2, 0.25) is 0 Å². The first-order valence-corrected chi connectivity index (χ1v) is 16.3. The van der Waals surface area contributed by atoms with E-state index in [2.05, 4.69) is 11.6 Å². The van der Waals surface area contributed by atoms with E-state index in [1.165, 1.54) is 108 Å². The highest BCUT2D eigenvalue weighted by molar-refractivity contribution is 7.92. The molecule has 0 spiro atoms. The van der Waals surface area contributed by atoms with Gasteiger partial charge in [0, 0.05) is 18.4 Å². The average Bonchev–Trinajstić information content (AvgIpc) is 3.12. The third kappa shape index (κ3) is 11.9. The van der Waals surface area contributed by atoms with Crippen molar-refractivity contribution < 1.29 is 23.1 Å². The summed E-state index contributed by atoms with van der Waals surface area (Å²) in [7, 11) is -3.55. The highest BCUT2D eigenvalue weighted by Gasteiger charge is 2.39. The largest absolute Gasteiger partial charge is 0.506 e. The topological polar surface area (TPSA) is 104 Å². The Morgan fingerprint density at radius 2 is 1.32 bits per heavy atom. The van der Waals surface area contributed by atoms with E-state index in [0.717, 1.165) is 24.0 Å². The lowest BCUT2D eigenvalue weighted by Crippen LogP contribution is -2.30. The van der Waals surface area contributed by atoms with Crippen molar-refractivity contribution in [3.63, 3.8) is 0 Å². The standard InChI is InChI=1S/C29H48N2O5S/c1-3-4-5-6-7-8-9-10-11-12-13-14-15-16-17-18-19-24-22-28(33)31(29(24)34)25-20-21-26(27(32)23-25)30-37(2,35)36/h20-21,23-24,30,32H,3-19,22H2,1-2H3. The second kappa shape index (κ2) is 16.7. The van der Waals surface area contributed by atoms with Crippen LogP contribution >= 0.6 is 0 Å². The number of unbranched alkanes of at least 4 members (excludes halogenated alkanes) is 15. The number of amides is 2. The quantitative estimate of drug-likeness (QED) is 0.103. The summed E-state index contributed by atoms with van der Waals surface area (Å²) in [5.41, 5.74) is 0.274. The number of nitrogens with one attached hydrogen (secondary N) is 1. The zero-order valence-electron chi connectivity index (χ0n) is 23.0. The summed E-state index contributed by atoms with van der Waals surface area (Å²) in [6.07, 6.45) is 22.6. The van der Waals surface area contributed by atoms with E-state index in [4.69, 9.17) is 0 Å². The van der Waals surface area contributed by atoms with Crippen LogP contribution in [0.5, 0.6) is 5.75 Å². The maximum absolute atomic E-state index is 12.8. The van der Waals surface area contributed by atoms with Gasteiger partial charge in [0.1, 0.15) is 5.75 Å². The van der Waals surface area contributed by atoms with Crippen LogP contribution in [0.4, 0.5) is 11.4 Å². The number of aromatic hydroxyl groups is 1. The number of rotatable bonds is 20. The molecule has 1 unspecified atom stereocenters. The lowest BCUT2D eigenvalue weighted by molar-refractivity contribution is -0.122. The SMILES string of the molecule is CCCCCCCCCCCCCCCCCCC1CC(=O)N(c2ccc(NS(C)(=O)=O)c(O)c2)C1=O. The molecule has 2 amide bonds. The van der Waals surface area contributed by atoms with Crippen molar-refractivity contribution in [2.45, 2.75) is 122 Å². The molecular formula is C29H48N2O5S. The number of sulfonamides is 1. The number of carbonyl (C=O) groups is 2. The normalized spacial score (nSPS) is 16.1. The van der Waals surface area contributed by atoms with Gasteiger partial charge in [-0.3, -0.25) is 19.2 Å². The fraction of sp³-hybridized carbons (Fsp3) is 0.724. The Kier molecular flexibility index (Phi) is 14.0. The highest BCUT2D eigenvalue weighted by atomic mass is 32.2. The molecule has 0 radical (unpaired) electrons. The number of phenols is 1. The van der Waals surface area contributed by atoms with E-state index >= 15 is 0 Å². The summed E-state index contributed by atoms with van der Waals surface area (Å²) < 4.78 is 25.0. The molecule has 8 heteroatoms. The molecule has 2 N–H and O–H groups in total. The Hall–Kier alpha value is -2.09. The number of hydrogen-bond donors (Lipinski definition) is 2. The lowest BCUT2D eigenvalue weighted by atomic mass is 9.98. The Bertz CT molecular complexity index is 948. The van der Waals surface area contributed by atoms with Gasteiger partial charge in [0.15, 0.2) is 0 Å². The van der Waals surface area contributed by atoms with Crippen LogP contribution in [-0.4, -0.2) is 31.6 Å². The van der Waals surface area contributed by atoms with E-state index in [0.29, 0.717) is 6.42 Å². The van der Waals surface area contributed by atoms with Crippen molar-refractivity contribution in [2.24, 2.45) is 5.92 Å². The van der Waals surface area contributed by atoms with Gasteiger partial charge < -0.3 is 5.11 Å². The molecule has 2 rings (SSSR count). The molecule has 1 atom stereocenters. The van der Waals surface area contributed by atoms with Gasteiger partial charge in [-0.15, -0.1) is 0 Å². The molecule has 1 heterocycles. The summed E-state index contributed by atoms with van der Waals surface area (Å²) in [6.45, 7) is 2.26. The number of imide groups is 1. The zero-order chi connectivity index (χ0) is 27.1. The third-order valence-electron chi connectivity index (χ3n) is 7.18. The number of benzene rings is 1. The Labute approximate surface area is 224 Å². The summed E-state index contributed by atoms with van der Waals surface area (Å²) in [5.74, 6) is -1.18. The van der Waals surface area contributed by atoms with Crippen LogP contribution in [0.15, 0.2) is 18.2 Å². The molecule has 210 valence electrons. The monoisotopic (exact) mass is 536 g/mol. The molecule has 1 saturated heterocycles. The van der Waals surface area contributed by atoms with Crippen LogP contribution in [0.3, 0.4) is 0 Å². The Balaban J connectivity index is 1.56. The molecule has 0 saturated carbocycles. The number of nitrogens with zero attached hydrogens (tertiary/aromatic N) is 1. The number of carbonyl (C=O) groups excluding carboxylic acids is 2. The average molecular weight is 537 g/mol. The summed E-state index contributed by atoms with van der Waals surface area (Å²) >= 11 is 0. The third-order valence-corrected chi connectivity index (χ3v) is 7.77. The molecule has 1 aromatic rings. The maximum Gasteiger partial charge on any atom is 0.237 e. The fourth-order valence-electron chi connectivity index (χ4n) is 5.08. The van der Waals surface area contributed by atoms with Crippen LogP contribution < -0.4 is 9.62 Å². The first-order chi connectivity index (χ1) is 17.7. The van der Waals surface area contributed by atoms with Crippen molar-refractivity contribution in [1.29, 1.82) is 0 Å². The Morgan fingerprint density at radius 3 is 1.78 bits per heavy atom. The van der Waals surface area contributed by atoms with Gasteiger partial charge in [-0.05, 0) is 18.6 Å². The van der Waals surface area contributed by atoms with E-state index in [1.807, 2.05) is 0 Å². The summed E-state index contributed by atoms with van der Waals surface area (Å²) in [5, 5.41) is 10.1. The number of phenolic OH excluding ortho intramolecular Hbond substituents is 1. The van der Waals surface area contributed by atoms with Crippen LogP contribution in [-0.2, 0) is 19.6 Å². The van der Waals surface area contributed by atoms with E-state index in [1.54, 1.807) is 0 Å². The second-order valence-corrected chi connectivity index (χ2v) is 12.4. The van der Waals surface area contributed by atoms with E-state index < -0.39 is 10.0 Å². The molecule has 1 fully saturated rings. The first kappa shape index (κ1) is 31.1. The highest BCUT2D eigenvalue weighted by Crippen LogP contribution is 2.34. The second-order valence-electron chi connectivity index (χ2n) is 10.6. The van der Waals surface area contributed by atoms with E-state index in [-0.39, 0.29) is 41.3 Å². The van der Waals surface area contributed by atoms with Crippen molar-refractivity contribution in [1.82, 2.24) is 0 Å². The molecule has 0 aromatic heterocycles. The fourth-order valence-corrected chi connectivity index (χ4v) is 5.65. The minimum atomic E-state index is -3.55. The van der Waals surface area contributed by atoms with Gasteiger partial charge in [0.05, 0.1) is 17.6 Å². The lowest BCUT2D eigenvalue weighted by Gasteiger charge is -2.16. The molecule has 0 bridgehead atoms. The predicted octanol–water partition coefficient (Wildman–Crippen LogP) is 7.29. The number of anilines is 2. The van der Waals surface area contributed by atoms with Gasteiger partial charge >= 0.3 is 0 Å². The van der Waals surface area contributed by atoms with Crippen molar-refractivity contribution in [3.05, 3.63) is 18.2 Å². The number of hydrogen-bond acceptors (Lipinski definition) is 5. The van der Waals surface area contributed by atoms with Gasteiger partial charge in [0.2, 0.25) is 21.8 Å². The van der Waals surface area contributed by atoms with E-state index in [9.17, 15) is 23.1 Å². The molecule has 1 aromatic carbocycles. The molecule has 37 heavy (non-hydrogen) atoms. The van der Waals surface area contributed by atoms with Crippen LogP contribution in [0, 0.1) is 5.92 Å². The van der Waals surface area contributed by atoms with Crippen molar-refractivity contribution in [3.8, 4) is 5.75 Å². The molecule has 1 aliphatic rings. The molecular weight excluding hydrogens is 488 g/mol. The zero-order valence-corrected chi connectivity index (χ0v) is 23.8. The van der Waals surface area contributed by atoms with Crippen molar-refractivity contribution >= 4 is 33.2 Å². The minimum Gasteiger partial charge on any atom is -0.506 e. The Morgan fingerprint density at radius 1 is 0.838 bits per heavy atom.